The molecule has 0 spiro atoms. The summed E-state index contributed by atoms with van der Waals surface area (Å²) in [6, 6.07) is 7.89. The Kier molecular flexibility index (Phi) is 3.96. The van der Waals surface area contributed by atoms with Crippen molar-refractivity contribution in [2.75, 3.05) is 0 Å². The highest BCUT2D eigenvalue weighted by Crippen LogP contribution is 2.25. The van der Waals surface area contributed by atoms with Crippen LogP contribution in [0.5, 0.6) is 5.75 Å². The Hall–Kier alpha value is -3.27. The largest absolute Gasteiger partial charge is 0.511 e. The van der Waals surface area contributed by atoms with E-state index in [0.29, 0.717) is 11.5 Å². The van der Waals surface area contributed by atoms with Crippen LogP contribution in [-0.2, 0) is 6.54 Å². The monoisotopic (exact) mass is 324 g/mol. The van der Waals surface area contributed by atoms with E-state index >= 15 is 0 Å². The fourth-order valence-electron chi connectivity index (χ4n) is 2.66. The van der Waals surface area contributed by atoms with Gasteiger partial charge >= 0.3 is 6.16 Å². The van der Waals surface area contributed by atoms with Crippen molar-refractivity contribution in [1.82, 2.24) is 14.3 Å². The van der Waals surface area contributed by atoms with E-state index in [0.717, 1.165) is 23.1 Å². The van der Waals surface area contributed by atoms with Gasteiger partial charge in [0.15, 0.2) is 5.75 Å². The maximum absolute atomic E-state index is 10.6. The van der Waals surface area contributed by atoms with E-state index in [2.05, 4.69) is 34.3 Å². The summed E-state index contributed by atoms with van der Waals surface area (Å²) in [4.78, 5) is 10.6. The molecule has 0 fully saturated rings. The SMILES string of the molecule is CC(C)Cn1cc(C#N)c2cc(-n3cc(OC(=O)O)cn3)ccc21. The molecule has 0 saturated heterocycles. The van der Waals surface area contributed by atoms with Crippen molar-refractivity contribution in [2.24, 2.45) is 5.92 Å². The summed E-state index contributed by atoms with van der Waals surface area (Å²) in [5, 5.41) is 22.9. The Bertz CT molecular complexity index is 947. The summed E-state index contributed by atoms with van der Waals surface area (Å²) in [6.07, 6.45) is 3.28. The highest BCUT2D eigenvalue weighted by Gasteiger charge is 2.12. The summed E-state index contributed by atoms with van der Waals surface area (Å²) < 4.78 is 8.16. The van der Waals surface area contributed by atoms with Crippen LogP contribution in [0.3, 0.4) is 0 Å². The molecule has 0 aliphatic heterocycles. The van der Waals surface area contributed by atoms with Gasteiger partial charge in [-0.25, -0.2) is 9.48 Å². The van der Waals surface area contributed by atoms with Gasteiger partial charge in [-0.1, -0.05) is 13.8 Å². The zero-order chi connectivity index (χ0) is 17.3. The molecule has 0 aliphatic rings. The van der Waals surface area contributed by atoms with Gasteiger partial charge in [-0.15, -0.1) is 0 Å². The molecule has 7 nitrogen and oxygen atoms in total. The van der Waals surface area contributed by atoms with Crippen LogP contribution in [0.25, 0.3) is 16.6 Å². The van der Waals surface area contributed by atoms with Crippen molar-refractivity contribution in [3.05, 3.63) is 42.4 Å². The van der Waals surface area contributed by atoms with E-state index in [1.807, 2.05) is 24.4 Å². The van der Waals surface area contributed by atoms with Crippen LogP contribution in [0, 0.1) is 17.2 Å². The third kappa shape index (κ3) is 2.94. The summed E-state index contributed by atoms with van der Waals surface area (Å²) in [6.45, 7) is 5.08. The van der Waals surface area contributed by atoms with Crippen LogP contribution in [0.15, 0.2) is 36.8 Å². The van der Waals surface area contributed by atoms with Crippen LogP contribution in [0.2, 0.25) is 0 Å². The van der Waals surface area contributed by atoms with Crippen LogP contribution in [0.4, 0.5) is 4.79 Å². The second kappa shape index (κ2) is 6.08. The molecule has 0 radical (unpaired) electrons. The molecule has 0 amide bonds. The molecule has 1 aromatic carbocycles. The zero-order valence-corrected chi connectivity index (χ0v) is 13.3. The standard InChI is InChI=1S/C17H16N4O3/c1-11(2)8-20-9-12(6-18)15-5-13(3-4-16(15)20)21-10-14(7-19-21)24-17(22)23/h3-5,7,9-11H,8H2,1-2H3,(H,22,23). The molecule has 0 saturated carbocycles. The quantitative estimate of drug-likeness (QED) is 0.742. The number of nitrogens with zero attached hydrogens (tertiary/aromatic N) is 4. The van der Waals surface area contributed by atoms with E-state index in [4.69, 9.17) is 5.11 Å². The summed E-state index contributed by atoms with van der Waals surface area (Å²) in [5.41, 5.74) is 2.31. The van der Waals surface area contributed by atoms with Gasteiger partial charge in [-0.3, -0.25) is 0 Å². The number of carboxylic acid groups (broad SMARTS) is 1. The smallest absolute Gasteiger partial charge is 0.449 e. The predicted molar refractivity (Wildman–Crippen MR) is 87.3 cm³/mol. The topological polar surface area (TPSA) is 93.1 Å². The molecule has 0 unspecified atom stereocenters. The van der Waals surface area contributed by atoms with Crippen LogP contribution >= 0.6 is 0 Å². The third-order valence-electron chi connectivity index (χ3n) is 3.58. The molecule has 122 valence electrons. The van der Waals surface area contributed by atoms with Gasteiger partial charge in [0, 0.05) is 23.6 Å². The van der Waals surface area contributed by atoms with Gasteiger partial charge in [0.1, 0.15) is 6.07 Å². The van der Waals surface area contributed by atoms with E-state index < -0.39 is 6.16 Å². The Morgan fingerprint density at radius 2 is 2.21 bits per heavy atom. The average Bonchev–Trinajstić information content (AvgIpc) is 3.11. The third-order valence-corrected chi connectivity index (χ3v) is 3.58. The van der Waals surface area contributed by atoms with Crippen LogP contribution in [0.1, 0.15) is 19.4 Å². The minimum Gasteiger partial charge on any atom is -0.449 e. The Balaban J connectivity index is 2.03. The second-order valence-corrected chi connectivity index (χ2v) is 5.89. The number of ether oxygens (including phenoxy) is 1. The summed E-state index contributed by atoms with van der Waals surface area (Å²) >= 11 is 0. The minimum absolute atomic E-state index is 0.139. The Morgan fingerprint density at radius 3 is 2.88 bits per heavy atom. The van der Waals surface area contributed by atoms with E-state index in [-0.39, 0.29) is 5.75 Å². The Morgan fingerprint density at radius 1 is 1.42 bits per heavy atom. The maximum Gasteiger partial charge on any atom is 0.511 e. The molecule has 7 heteroatoms. The number of fused-ring (bicyclic) bond motifs is 1. The Labute approximate surface area is 138 Å². The van der Waals surface area contributed by atoms with Gasteiger partial charge in [0.25, 0.3) is 0 Å². The summed E-state index contributed by atoms with van der Waals surface area (Å²) in [5.74, 6) is 0.606. The van der Waals surface area contributed by atoms with E-state index in [1.54, 1.807) is 0 Å². The van der Waals surface area contributed by atoms with E-state index in [1.165, 1.54) is 17.1 Å². The molecule has 0 bridgehead atoms. The lowest BCUT2D eigenvalue weighted by atomic mass is 10.1. The molecule has 3 aromatic rings. The average molecular weight is 324 g/mol. The van der Waals surface area contributed by atoms with Gasteiger partial charge in [-0.05, 0) is 24.1 Å². The molecule has 0 aliphatic carbocycles. The summed E-state index contributed by atoms with van der Waals surface area (Å²) in [7, 11) is 0. The fraction of sp³-hybridized carbons (Fsp3) is 0.235. The lowest BCUT2D eigenvalue weighted by Crippen LogP contribution is -2.03. The van der Waals surface area contributed by atoms with Crippen molar-refractivity contribution in [2.45, 2.75) is 20.4 Å². The van der Waals surface area contributed by atoms with Crippen molar-refractivity contribution in [1.29, 1.82) is 5.26 Å². The predicted octanol–water partition coefficient (Wildman–Crippen LogP) is 3.41. The number of hydrogen-bond acceptors (Lipinski definition) is 4. The van der Waals surface area contributed by atoms with Gasteiger partial charge in [-0.2, -0.15) is 10.4 Å². The van der Waals surface area contributed by atoms with Crippen LogP contribution < -0.4 is 4.74 Å². The molecule has 24 heavy (non-hydrogen) atoms. The van der Waals surface area contributed by atoms with Gasteiger partial charge < -0.3 is 14.4 Å². The zero-order valence-electron chi connectivity index (χ0n) is 13.3. The number of hydrogen-bond donors (Lipinski definition) is 1. The number of nitriles is 1. The molecule has 0 atom stereocenters. The molecular weight excluding hydrogens is 308 g/mol. The first kappa shape index (κ1) is 15.6. The minimum atomic E-state index is -1.39. The van der Waals surface area contributed by atoms with Crippen molar-refractivity contribution >= 4 is 17.1 Å². The lowest BCUT2D eigenvalue weighted by molar-refractivity contribution is 0.144. The molecule has 2 aromatic heterocycles. The number of benzene rings is 1. The molecular formula is C17H16N4O3. The maximum atomic E-state index is 10.6. The van der Waals surface area contributed by atoms with Crippen molar-refractivity contribution < 1.29 is 14.6 Å². The molecule has 2 heterocycles. The van der Waals surface area contributed by atoms with Gasteiger partial charge in [0.2, 0.25) is 0 Å². The number of aromatic nitrogens is 3. The van der Waals surface area contributed by atoms with Crippen LogP contribution in [-0.4, -0.2) is 25.6 Å². The lowest BCUT2D eigenvalue weighted by Gasteiger charge is -2.08. The molecule has 1 N–H and O–H groups in total. The highest BCUT2D eigenvalue weighted by atomic mass is 16.7. The first-order valence-electron chi connectivity index (χ1n) is 7.46. The van der Waals surface area contributed by atoms with Crippen molar-refractivity contribution in [3.63, 3.8) is 0 Å². The van der Waals surface area contributed by atoms with Gasteiger partial charge in [0.05, 0.1) is 23.6 Å². The first-order chi connectivity index (χ1) is 11.5. The highest BCUT2D eigenvalue weighted by molar-refractivity contribution is 5.88. The first-order valence-corrected chi connectivity index (χ1v) is 7.46. The molecule has 3 rings (SSSR count). The fourth-order valence-corrected chi connectivity index (χ4v) is 2.66. The van der Waals surface area contributed by atoms with E-state index in [9.17, 15) is 10.1 Å². The van der Waals surface area contributed by atoms with Crippen molar-refractivity contribution in [3.8, 4) is 17.5 Å². The second-order valence-electron chi connectivity index (χ2n) is 5.89. The normalized spacial score (nSPS) is 10.9. The number of carbonyl (C=O) groups is 1. The number of rotatable bonds is 4.